The number of nitrogens with one attached hydrogen (secondary N) is 1. The van der Waals surface area contributed by atoms with E-state index in [0.717, 1.165) is 10.9 Å². The first-order valence-corrected chi connectivity index (χ1v) is 7.14. The maximum Gasteiger partial charge on any atom is 0.0914 e. The summed E-state index contributed by atoms with van der Waals surface area (Å²) in [4.78, 5) is 0. The Morgan fingerprint density at radius 3 is 2.40 bits per heavy atom. The summed E-state index contributed by atoms with van der Waals surface area (Å²) in [6, 6.07) is 14.3. The molecule has 0 spiro atoms. The molecular formula is C17H23NO2. The highest BCUT2D eigenvalue weighted by atomic mass is 16.3. The number of aliphatic hydroxyl groups excluding tert-OH is 2. The van der Waals surface area contributed by atoms with Crippen molar-refractivity contribution in [2.24, 2.45) is 0 Å². The van der Waals surface area contributed by atoms with E-state index >= 15 is 0 Å². The highest BCUT2D eigenvalue weighted by Crippen LogP contribution is 2.20. The van der Waals surface area contributed by atoms with Gasteiger partial charge in [-0.3, -0.25) is 0 Å². The molecule has 3 unspecified atom stereocenters. The Hall–Kier alpha value is -1.42. The zero-order valence-corrected chi connectivity index (χ0v) is 12.1. The van der Waals surface area contributed by atoms with Gasteiger partial charge < -0.3 is 15.5 Å². The molecule has 0 heterocycles. The van der Waals surface area contributed by atoms with Crippen LogP contribution in [0.2, 0.25) is 0 Å². The fourth-order valence-corrected chi connectivity index (χ4v) is 2.44. The highest BCUT2D eigenvalue weighted by Gasteiger charge is 2.11. The van der Waals surface area contributed by atoms with Crippen molar-refractivity contribution in [1.82, 2.24) is 5.32 Å². The van der Waals surface area contributed by atoms with Crippen LogP contribution in [0.4, 0.5) is 0 Å². The van der Waals surface area contributed by atoms with Crippen molar-refractivity contribution in [3.05, 3.63) is 48.0 Å². The lowest BCUT2D eigenvalue weighted by molar-refractivity contribution is 0.149. The molecule has 0 aliphatic rings. The molecule has 2 rings (SSSR count). The zero-order chi connectivity index (χ0) is 14.5. The van der Waals surface area contributed by atoms with Gasteiger partial charge in [-0.05, 0) is 42.7 Å². The van der Waals surface area contributed by atoms with Crippen LogP contribution in [0.15, 0.2) is 42.5 Å². The molecule has 2 aromatic carbocycles. The monoisotopic (exact) mass is 273 g/mol. The molecule has 3 nitrogen and oxygen atoms in total. The molecule has 0 saturated carbocycles. The first-order valence-electron chi connectivity index (χ1n) is 7.14. The molecule has 2 aromatic rings. The van der Waals surface area contributed by atoms with Crippen molar-refractivity contribution in [3.63, 3.8) is 0 Å². The summed E-state index contributed by atoms with van der Waals surface area (Å²) in [6.45, 7) is 4.28. The summed E-state index contributed by atoms with van der Waals surface area (Å²) in [5.41, 5.74) is 0.917. The van der Waals surface area contributed by atoms with Crippen molar-refractivity contribution < 1.29 is 10.2 Å². The Bertz CT molecular complexity index is 553. The third kappa shape index (κ3) is 4.04. The summed E-state index contributed by atoms with van der Waals surface area (Å²) in [5.74, 6) is 0. The van der Waals surface area contributed by atoms with E-state index in [1.54, 1.807) is 6.92 Å². The molecular weight excluding hydrogens is 250 g/mol. The third-order valence-electron chi connectivity index (χ3n) is 3.51. The van der Waals surface area contributed by atoms with Crippen LogP contribution in [0.1, 0.15) is 31.9 Å². The molecule has 0 amide bonds. The fourth-order valence-electron chi connectivity index (χ4n) is 2.44. The number of hydrogen-bond donors (Lipinski definition) is 3. The van der Waals surface area contributed by atoms with Crippen LogP contribution in [-0.4, -0.2) is 28.9 Å². The molecule has 0 fully saturated rings. The highest BCUT2D eigenvalue weighted by molar-refractivity contribution is 5.83. The van der Waals surface area contributed by atoms with Gasteiger partial charge in [0, 0.05) is 12.6 Å². The van der Waals surface area contributed by atoms with E-state index in [9.17, 15) is 10.2 Å². The fraction of sp³-hybridized carbons (Fsp3) is 0.412. The Kier molecular flexibility index (Phi) is 5.12. The Morgan fingerprint density at radius 1 is 1.00 bits per heavy atom. The summed E-state index contributed by atoms with van der Waals surface area (Å²) in [5, 5.41) is 25.1. The second-order valence-corrected chi connectivity index (χ2v) is 5.52. The van der Waals surface area contributed by atoms with Gasteiger partial charge in [0.2, 0.25) is 0 Å². The van der Waals surface area contributed by atoms with E-state index in [0.29, 0.717) is 13.0 Å². The first kappa shape index (κ1) is 15.0. The summed E-state index contributed by atoms with van der Waals surface area (Å²) in [7, 11) is 0. The average Bonchev–Trinajstić information content (AvgIpc) is 2.43. The van der Waals surface area contributed by atoms with E-state index in [-0.39, 0.29) is 12.1 Å². The van der Waals surface area contributed by atoms with Gasteiger partial charge in [0.15, 0.2) is 0 Å². The molecule has 3 N–H and O–H groups in total. The molecule has 3 atom stereocenters. The van der Waals surface area contributed by atoms with Crippen LogP contribution in [0.5, 0.6) is 0 Å². The molecule has 0 saturated heterocycles. The maximum absolute atomic E-state index is 10.2. The molecule has 0 aromatic heterocycles. The second kappa shape index (κ2) is 6.84. The maximum atomic E-state index is 10.2. The predicted octanol–water partition coefficient (Wildman–Crippen LogP) is 2.62. The van der Waals surface area contributed by atoms with Gasteiger partial charge >= 0.3 is 0 Å². The number of benzene rings is 2. The topological polar surface area (TPSA) is 52.5 Å². The lowest BCUT2D eigenvalue weighted by Gasteiger charge is -2.18. The van der Waals surface area contributed by atoms with Crippen LogP contribution in [0.3, 0.4) is 0 Å². The molecule has 3 heteroatoms. The van der Waals surface area contributed by atoms with E-state index in [4.69, 9.17) is 0 Å². The Morgan fingerprint density at radius 2 is 1.70 bits per heavy atom. The lowest BCUT2D eigenvalue weighted by atomic mass is 10.0. The lowest BCUT2D eigenvalue weighted by Crippen LogP contribution is -2.32. The van der Waals surface area contributed by atoms with Crippen LogP contribution >= 0.6 is 0 Å². The van der Waals surface area contributed by atoms with Crippen molar-refractivity contribution >= 4 is 10.8 Å². The second-order valence-electron chi connectivity index (χ2n) is 5.52. The zero-order valence-electron chi connectivity index (χ0n) is 12.1. The summed E-state index contributed by atoms with van der Waals surface area (Å²) in [6.07, 6.45) is -0.170. The Balaban J connectivity index is 1.98. The van der Waals surface area contributed by atoms with Crippen molar-refractivity contribution in [1.29, 1.82) is 0 Å². The van der Waals surface area contributed by atoms with E-state index < -0.39 is 6.10 Å². The largest absolute Gasteiger partial charge is 0.393 e. The average molecular weight is 273 g/mol. The molecule has 0 bridgehead atoms. The molecule has 0 aliphatic carbocycles. The van der Waals surface area contributed by atoms with Gasteiger partial charge in [0.05, 0.1) is 12.2 Å². The van der Waals surface area contributed by atoms with Crippen LogP contribution < -0.4 is 5.32 Å². The van der Waals surface area contributed by atoms with Gasteiger partial charge in [-0.15, -0.1) is 0 Å². The summed E-state index contributed by atoms with van der Waals surface area (Å²) >= 11 is 0. The minimum Gasteiger partial charge on any atom is -0.393 e. The van der Waals surface area contributed by atoms with Crippen molar-refractivity contribution in [3.8, 4) is 0 Å². The number of hydrogen-bond acceptors (Lipinski definition) is 3. The third-order valence-corrected chi connectivity index (χ3v) is 3.51. The normalized spacial score (nSPS) is 16.0. The van der Waals surface area contributed by atoms with E-state index in [1.807, 2.05) is 37.3 Å². The standard InChI is InChI=1S/C17H23NO2/c1-12(9-13(2)19)18-11-17(20)16-8-7-14-5-3-4-6-15(14)10-16/h3-8,10,12-13,17-20H,9,11H2,1-2H3. The predicted molar refractivity (Wildman–Crippen MR) is 82.7 cm³/mol. The van der Waals surface area contributed by atoms with E-state index in [2.05, 4.69) is 17.4 Å². The van der Waals surface area contributed by atoms with Gasteiger partial charge in [0.1, 0.15) is 0 Å². The van der Waals surface area contributed by atoms with Gasteiger partial charge in [-0.1, -0.05) is 36.4 Å². The quantitative estimate of drug-likeness (QED) is 0.758. The van der Waals surface area contributed by atoms with Crippen molar-refractivity contribution in [2.75, 3.05) is 6.54 Å². The van der Waals surface area contributed by atoms with E-state index in [1.165, 1.54) is 5.39 Å². The SMILES string of the molecule is CC(O)CC(C)NCC(O)c1ccc2ccccc2c1. The number of rotatable bonds is 6. The van der Waals surface area contributed by atoms with Gasteiger partial charge in [-0.2, -0.15) is 0 Å². The molecule has 108 valence electrons. The van der Waals surface area contributed by atoms with Crippen LogP contribution in [-0.2, 0) is 0 Å². The van der Waals surface area contributed by atoms with Crippen LogP contribution in [0, 0.1) is 0 Å². The minimum atomic E-state index is -0.531. The molecule has 0 radical (unpaired) electrons. The first-order chi connectivity index (χ1) is 9.56. The van der Waals surface area contributed by atoms with Crippen LogP contribution in [0.25, 0.3) is 10.8 Å². The number of aliphatic hydroxyl groups is 2. The van der Waals surface area contributed by atoms with Crippen molar-refractivity contribution in [2.45, 2.75) is 38.5 Å². The smallest absolute Gasteiger partial charge is 0.0914 e. The van der Waals surface area contributed by atoms with Gasteiger partial charge in [-0.25, -0.2) is 0 Å². The van der Waals surface area contributed by atoms with Gasteiger partial charge in [0.25, 0.3) is 0 Å². The number of fused-ring (bicyclic) bond motifs is 1. The molecule has 20 heavy (non-hydrogen) atoms. The molecule has 0 aliphatic heterocycles. The summed E-state index contributed by atoms with van der Waals surface area (Å²) < 4.78 is 0. The minimum absolute atomic E-state index is 0.185. The Labute approximate surface area is 120 Å².